The molecule has 0 heterocycles. The summed E-state index contributed by atoms with van der Waals surface area (Å²) in [5, 5.41) is 20.2. The molecule has 0 aromatic heterocycles. The van der Waals surface area contributed by atoms with Gasteiger partial charge in [-0.15, -0.1) is 0 Å². The maximum Gasteiger partial charge on any atom is 1.00 e. The van der Waals surface area contributed by atoms with Crippen LogP contribution in [0.25, 0.3) is 0 Å². The van der Waals surface area contributed by atoms with Crippen LogP contribution in [0.2, 0.25) is 0 Å². The number of hydrogen-bond donors (Lipinski definition) is 1. The van der Waals surface area contributed by atoms with Gasteiger partial charge in [0.05, 0.1) is 18.9 Å². The van der Waals surface area contributed by atoms with E-state index in [9.17, 15) is 28.2 Å². The van der Waals surface area contributed by atoms with Gasteiger partial charge in [0.2, 0.25) is 0 Å². The van der Waals surface area contributed by atoms with E-state index < -0.39 is 39.8 Å². The Bertz CT molecular complexity index is 760. The first-order valence-electron chi connectivity index (χ1n) is 12.8. The molecule has 0 aliphatic rings. The van der Waals surface area contributed by atoms with Crippen molar-refractivity contribution in [2.45, 2.75) is 122 Å². The molecule has 0 amide bonds. The minimum atomic E-state index is -4.99. The number of carboxylic acids is 1. The van der Waals surface area contributed by atoms with Crippen LogP contribution in [-0.4, -0.2) is 48.7 Å². The fraction of sp³-hybridized carbons (Fsp3) is 0.800. The van der Waals surface area contributed by atoms with E-state index in [0.717, 1.165) is 38.5 Å². The van der Waals surface area contributed by atoms with Crippen molar-refractivity contribution in [3.63, 3.8) is 0 Å². The summed E-state index contributed by atoms with van der Waals surface area (Å²) in [6.45, 7) is 3.56. The predicted octanol–water partition coefficient (Wildman–Crippen LogP) is -2.88. The molecule has 204 valence electrons. The zero-order valence-corrected chi connectivity index (χ0v) is 28.1. The summed E-state index contributed by atoms with van der Waals surface area (Å²) in [5.74, 6) is -3.56. The molecule has 0 aliphatic heterocycles. The zero-order valence-electron chi connectivity index (χ0n) is 23.3. The van der Waals surface area contributed by atoms with E-state index in [2.05, 4.69) is 24.1 Å². The SMILES string of the molecule is CCCCCCCC/C=C\CCCCCCCC([O-])=NCC(C)OC(=O)CC(C(=O)[O-])S(=O)(=O)O.[Na+].[Na+]. The molecule has 0 bridgehead atoms. The second-order valence-electron chi connectivity index (χ2n) is 8.90. The summed E-state index contributed by atoms with van der Waals surface area (Å²) in [6, 6.07) is 0. The van der Waals surface area contributed by atoms with Crippen LogP contribution in [0.4, 0.5) is 0 Å². The van der Waals surface area contributed by atoms with Gasteiger partial charge in [0.15, 0.2) is 0 Å². The summed E-state index contributed by atoms with van der Waals surface area (Å²) >= 11 is 0. The van der Waals surface area contributed by atoms with Crippen LogP contribution in [0.5, 0.6) is 0 Å². The van der Waals surface area contributed by atoms with Crippen LogP contribution >= 0.6 is 0 Å². The zero-order chi connectivity index (χ0) is 26.5. The number of carbonyl (C=O) groups excluding carboxylic acids is 2. The molecule has 12 heteroatoms. The molecule has 0 aromatic carbocycles. The smallest absolute Gasteiger partial charge is 0.862 e. The number of esters is 1. The van der Waals surface area contributed by atoms with E-state index >= 15 is 0 Å². The molecule has 1 N–H and O–H groups in total. The Labute approximate surface area is 267 Å². The van der Waals surface area contributed by atoms with Gasteiger partial charge in [0.1, 0.15) is 11.4 Å². The average Bonchev–Trinajstić information content (AvgIpc) is 2.77. The van der Waals surface area contributed by atoms with Gasteiger partial charge in [0, 0.05) is 0 Å². The third-order valence-electron chi connectivity index (χ3n) is 5.48. The van der Waals surface area contributed by atoms with E-state index in [0.29, 0.717) is 6.42 Å². The summed E-state index contributed by atoms with van der Waals surface area (Å²) in [6.07, 6.45) is 18.1. The number of carbonyl (C=O) groups is 2. The van der Waals surface area contributed by atoms with Gasteiger partial charge >= 0.3 is 65.1 Å². The maximum atomic E-state index is 11.9. The second kappa shape index (κ2) is 26.3. The van der Waals surface area contributed by atoms with Crippen molar-refractivity contribution in [1.29, 1.82) is 0 Å². The Kier molecular flexibility index (Phi) is 29.5. The Balaban J connectivity index is -0.00000578. The van der Waals surface area contributed by atoms with Gasteiger partial charge in [-0.2, -0.15) is 8.42 Å². The Hall–Kier alpha value is 0.0600. The van der Waals surface area contributed by atoms with Crippen LogP contribution in [0.15, 0.2) is 17.1 Å². The van der Waals surface area contributed by atoms with Crippen LogP contribution < -0.4 is 69.3 Å². The number of aliphatic carboxylic acids is 1. The topological polar surface area (TPSA) is 156 Å². The third kappa shape index (κ3) is 26.1. The molecule has 0 aromatic rings. The summed E-state index contributed by atoms with van der Waals surface area (Å²) in [4.78, 5) is 26.2. The van der Waals surface area contributed by atoms with E-state index in [4.69, 9.17) is 9.29 Å². The molecule has 2 atom stereocenters. The van der Waals surface area contributed by atoms with Crippen molar-refractivity contribution in [2.75, 3.05) is 6.54 Å². The third-order valence-corrected chi connectivity index (χ3v) is 6.56. The molecule has 2 unspecified atom stereocenters. The molecule has 0 saturated carbocycles. The minimum Gasteiger partial charge on any atom is -0.862 e. The maximum absolute atomic E-state index is 11.9. The molecule has 0 aliphatic carbocycles. The number of allylic oxidation sites excluding steroid dienone is 2. The van der Waals surface area contributed by atoms with Gasteiger partial charge < -0.3 is 24.7 Å². The minimum absolute atomic E-state index is 0. The molecule has 9 nitrogen and oxygen atoms in total. The first kappa shape index (κ1) is 41.5. The van der Waals surface area contributed by atoms with E-state index in [1.165, 1.54) is 51.9 Å². The largest absolute Gasteiger partial charge is 1.00 e. The summed E-state index contributed by atoms with van der Waals surface area (Å²) in [7, 11) is -4.99. The number of nitrogens with zero attached hydrogens (tertiary/aromatic N) is 1. The Morgan fingerprint density at radius 1 is 0.892 bits per heavy atom. The normalized spacial score (nSPS) is 13.4. The fourth-order valence-corrected chi connectivity index (χ4v) is 4.02. The second-order valence-corrected chi connectivity index (χ2v) is 10.5. The molecular formula is C25H43NNa2O8S. The number of carboxylic acid groups (broad SMARTS) is 1. The number of aliphatic imine (C=N–C) groups is 1. The number of hydrogen-bond acceptors (Lipinski definition) is 8. The fourth-order valence-electron chi connectivity index (χ4n) is 3.43. The van der Waals surface area contributed by atoms with Gasteiger partial charge in [0.25, 0.3) is 10.1 Å². The first-order chi connectivity index (χ1) is 16.6. The van der Waals surface area contributed by atoms with Crippen molar-refractivity contribution in [3.8, 4) is 0 Å². The molecule has 0 fully saturated rings. The van der Waals surface area contributed by atoms with Crippen LogP contribution in [0.1, 0.15) is 110 Å². The standard InChI is InChI=1S/C25H45NO8S.2Na/c1-3-4-5-6-7-8-9-10-11-12-13-14-15-16-17-18-23(27)26-20-21(2)34-24(28)19-22(25(29)30)35(31,32)33;;/h10-11,21-22H,3-9,12-20H2,1-2H3,(H,26,27)(H,29,30)(H,31,32,33);;/q;2*+1/p-2/b11-10-;;. The summed E-state index contributed by atoms with van der Waals surface area (Å²) in [5.41, 5.74) is 0. The number of unbranched alkanes of at least 4 members (excludes halogenated alkanes) is 11. The molecule has 0 radical (unpaired) electrons. The van der Waals surface area contributed by atoms with Gasteiger partial charge in [-0.1, -0.05) is 70.4 Å². The summed E-state index contributed by atoms with van der Waals surface area (Å²) < 4.78 is 35.6. The quantitative estimate of drug-likeness (QED) is 0.0280. The van der Waals surface area contributed by atoms with Crippen LogP contribution in [0.3, 0.4) is 0 Å². The number of rotatable bonds is 22. The number of ether oxygens (including phenoxy) is 1. The predicted molar refractivity (Wildman–Crippen MR) is 132 cm³/mol. The molecular weight excluding hydrogens is 520 g/mol. The Morgan fingerprint density at radius 2 is 1.38 bits per heavy atom. The van der Waals surface area contributed by atoms with Crippen molar-refractivity contribution >= 4 is 28.0 Å². The van der Waals surface area contributed by atoms with Crippen LogP contribution in [0, 0.1) is 0 Å². The molecule has 0 spiro atoms. The van der Waals surface area contributed by atoms with Crippen LogP contribution in [-0.2, 0) is 24.4 Å². The monoisotopic (exact) mass is 563 g/mol. The van der Waals surface area contributed by atoms with E-state index in [1.54, 1.807) is 0 Å². The van der Waals surface area contributed by atoms with E-state index in [-0.39, 0.29) is 71.6 Å². The van der Waals surface area contributed by atoms with Gasteiger partial charge in [-0.05, 0) is 51.3 Å². The van der Waals surface area contributed by atoms with Crippen molar-refractivity contribution in [3.05, 3.63) is 12.2 Å². The first-order valence-corrected chi connectivity index (χ1v) is 14.3. The van der Waals surface area contributed by atoms with Gasteiger partial charge in [-0.25, -0.2) is 0 Å². The molecule has 0 saturated heterocycles. The average molecular weight is 564 g/mol. The van der Waals surface area contributed by atoms with Crippen molar-refractivity contribution in [1.82, 2.24) is 0 Å². The van der Waals surface area contributed by atoms with Crippen molar-refractivity contribution < 1.29 is 96.6 Å². The molecule has 37 heavy (non-hydrogen) atoms. The Morgan fingerprint density at radius 3 is 1.86 bits per heavy atom. The van der Waals surface area contributed by atoms with Gasteiger partial charge in [-0.3, -0.25) is 9.35 Å². The molecule has 0 rings (SSSR count). The van der Waals surface area contributed by atoms with E-state index in [1.807, 2.05) is 0 Å². The van der Waals surface area contributed by atoms with Crippen molar-refractivity contribution in [2.24, 2.45) is 4.99 Å².